The van der Waals surface area contributed by atoms with Gasteiger partial charge in [-0.15, -0.1) is 0 Å². The van der Waals surface area contributed by atoms with Gasteiger partial charge in [-0.3, -0.25) is 4.79 Å². The summed E-state index contributed by atoms with van der Waals surface area (Å²) in [6, 6.07) is 6.03. The van der Waals surface area contributed by atoms with Gasteiger partial charge in [-0.1, -0.05) is 25.5 Å². The molecule has 0 radical (unpaired) electrons. The molecule has 0 bridgehead atoms. The highest BCUT2D eigenvalue weighted by atomic mass is 32.2. The van der Waals surface area contributed by atoms with Crippen molar-refractivity contribution >= 4 is 15.8 Å². The van der Waals surface area contributed by atoms with Crippen LogP contribution in [0.2, 0.25) is 0 Å². The van der Waals surface area contributed by atoms with Crippen LogP contribution in [0.15, 0.2) is 41.6 Å². The molecule has 2 aromatic rings. The summed E-state index contributed by atoms with van der Waals surface area (Å²) < 4.78 is 27.8. The van der Waals surface area contributed by atoms with Gasteiger partial charge >= 0.3 is 0 Å². The summed E-state index contributed by atoms with van der Waals surface area (Å²) in [5.74, 6) is 0.604. The normalized spacial score (nSPS) is 19.3. The average Bonchev–Trinajstić information content (AvgIpc) is 3.15. The van der Waals surface area contributed by atoms with Gasteiger partial charge in [0.2, 0.25) is 10.0 Å². The van der Waals surface area contributed by atoms with Gasteiger partial charge in [-0.25, -0.2) is 13.4 Å². The highest BCUT2D eigenvalue weighted by Gasteiger charge is 2.35. The lowest BCUT2D eigenvalue weighted by Crippen LogP contribution is -2.39. The van der Waals surface area contributed by atoms with Crippen LogP contribution in [0.1, 0.15) is 54.8 Å². The van der Waals surface area contributed by atoms with Crippen molar-refractivity contribution in [2.24, 2.45) is 0 Å². The summed E-state index contributed by atoms with van der Waals surface area (Å²) >= 11 is 0. The molecule has 0 spiro atoms. The second kappa shape index (κ2) is 6.86. The number of Topliss-reactive ketones (excluding diaryl/α,β-unsaturated/α-hetero) is 1. The number of aromatic nitrogens is 2. The van der Waals surface area contributed by atoms with Crippen LogP contribution < -0.4 is 0 Å². The predicted octanol–water partition coefficient (Wildman–Crippen LogP) is 2.92. The number of aromatic amines is 1. The molecular formula is C17H21N3O3S. The molecule has 1 N–H and O–H groups in total. The van der Waals surface area contributed by atoms with Crippen molar-refractivity contribution < 1.29 is 13.2 Å². The van der Waals surface area contributed by atoms with E-state index >= 15 is 0 Å². The first-order valence-corrected chi connectivity index (χ1v) is 9.62. The van der Waals surface area contributed by atoms with Gasteiger partial charge in [0.05, 0.1) is 10.9 Å². The molecule has 1 aromatic heterocycles. The molecule has 2 heterocycles. The Hall–Kier alpha value is -1.99. The Labute approximate surface area is 142 Å². The fourth-order valence-electron chi connectivity index (χ4n) is 3.10. The van der Waals surface area contributed by atoms with E-state index in [4.69, 9.17) is 0 Å². The number of imidazole rings is 1. The first kappa shape index (κ1) is 16.9. The zero-order valence-electron chi connectivity index (χ0n) is 13.6. The minimum Gasteiger partial charge on any atom is -0.347 e. The van der Waals surface area contributed by atoms with Gasteiger partial charge in [0.25, 0.3) is 0 Å². The third-order valence-electron chi connectivity index (χ3n) is 4.37. The molecule has 1 atom stereocenters. The monoisotopic (exact) mass is 347 g/mol. The molecule has 0 unspecified atom stereocenters. The van der Waals surface area contributed by atoms with Crippen LogP contribution in [0.25, 0.3) is 0 Å². The molecule has 0 aliphatic carbocycles. The Bertz CT molecular complexity index is 815. The van der Waals surface area contributed by atoms with Crippen LogP contribution in [0.5, 0.6) is 0 Å². The molecule has 6 nitrogen and oxygen atoms in total. The summed E-state index contributed by atoms with van der Waals surface area (Å²) in [5.41, 5.74) is 0.435. The van der Waals surface area contributed by atoms with Crippen LogP contribution in [-0.2, 0) is 10.0 Å². The molecule has 0 saturated carbocycles. The van der Waals surface area contributed by atoms with Gasteiger partial charge < -0.3 is 4.98 Å². The van der Waals surface area contributed by atoms with Crippen LogP contribution >= 0.6 is 0 Å². The number of hydrogen-bond acceptors (Lipinski definition) is 4. The molecule has 3 rings (SSSR count). The standard InChI is InChI=1S/C17H21N3O3S/c1-2-16(21)13-6-5-7-14(12-13)24(22,23)20-11-4-3-8-15(20)17-18-9-10-19-17/h5-7,9-10,12,15H,2-4,8,11H2,1H3,(H,18,19)/t15-/m0/s1. The largest absolute Gasteiger partial charge is 0.347 e. The summed E-state index contributed by atoms with van der Waals surface area (Å²) in [7, 11) is -3.68. The van der Waals surface area contributed by atoms with E-state index in [9.17, 15) is 13.2 Å². The van der Waals surface area contributed by atoms with Crippen molar-refractivity contribution in [3.05, 3.63) is 48.0 Å². The van der Waals surface area contributed by atoms with Gasteiger partial charge in [0.1, 0.15) is 5.82 Å². The lowest BCUT2D eigenvalue weighted by Gasteiger charge is -2.33. The number of nitrogens with zero attached hydrogens (tertiary/aromatic N) is 2. The van der Waals surface area contributed by atoms with E-state index in [1.807, 2.05) is 0 Å². The highest BCUT2D eigenvalue weighted by Crippen LogP contribution is 2.34. The number of carbonyl (C=O) groups excluding carboxylic acids is 1. The Balaban J connectivity index is 1.98. The van der Waals surface area contributed by atoms with E-state index in [1.165, 1.54) is 10.4 Å². The maximum absolute atomic E-state index is 13.1. The number of piperidine rings is 1. The van der Waals surface area contributed by atoms with Crippen molar-refractivity contribution in [2.75, 3.05) is 6.54 Å². The maximum Gasteiger partial charge on any atom is 0.243 e. The third kappa shape index (κ3) is 3.14. The molecule has 1 saturated heterocycles. The summed E-state index contributed by atoms with van der Waals surface area (Å²) in [6.45, 7) is 2.22. The molecule has 24 heavy (non-hydrogen) atoms. The molecule has 1 aliphatic heterocycles. The Morgan fingerprint density at radius 3 is 2.92 bits per heavy atom. The summed E-state index contributed by atoms with van der Waals surface area (Å²) in [6.07, 6.45) is 6.21. The van der Waals surface area contributed by atoms with Gasteiger partial charge in [-0.05, 0) is 25.0 Å². The molecule has 7 heteroatoms. The van der Waals surface area contributed by atoms with Crippen molar-refractivity contribution in [1.82, 2.24) is 14.3 Å². The van der Waals surface area contributed by atoms with Crippen LogP contribution in [0.3, 0.4) is 0 Å². The summed E-state index contributed by atoms with van der Waals surface area (Å²) in [5, 5.41) is 0. The van der Waals surface area contributed by atoms with Crippen molar-refractivity contribution in [1.29, 1.82) is 0 Å². The number of carbonyl (C=O) groups is 1. The van der Waals surface area contributed by atoms with Crippen molar-refractivity contribution in [3.63, 3.8) is 0 Å². The van der Waals surface area contributed by atoms with Gasteiger partial charge in [0, 0.05) is 30.9 Å². The van der Waals surface area contributed by atoms with E-state index in [-0.39, 0.29) is 16.7 Å². The second-order valence-corrected chi connectivity index (χ2v) is 7.80. The fraction of sp³-hybridized carbons (Fsp3) is 0.412. The van der Waals surface area contributed by atoms with Crippen LogP contribution in [-0.4, -0.2) is 35.0 Å². The number of rotatable bonds is 5. The molecule has 1 aromatic carbocycles. The Morgan fingerprint density at radius 1 is 1.38 bits per heavy atom. The van der Waals surface area contributed by atoms with Crippen LogP contribution in [0.4, 0.5) is 0 Å². The first-order valence-electron chi connectivity index (χ1n) is 8.18. The number of sulfonamides is 1. The van der Waals surface area contributed by atoms with E-state index in [1.54, 1.807) is 37.5 Å². The molecule has 0 amide bonds. The van der Waals surface area contributed by atoms with E-state index in [0.29, 0.717) is 24.4 Å². The fourth-order valence-corrected chi connectivity index (χ4v) is 4.80. The number of H-pyrrole nitrogens is 1. The lowest BCUT2D eigenvalue weighted by atomic mass is 10.0. The topological polar surface area (TPSA) is 83.1 Å². The number of ketones is 1. The average molecular weight is 347 g/mol. The van der Waals surface area contributed by atoms with E-state index in [0.717, 1.165) is 19.3 Å². The minimum atomic E-state index is -3.68. The maximum atomic E-state index is 13.1. The van der Waals surface area contributed by atoms with Crippen molar-refractivity contribution in [2.45, 2.75) is 43.5 Å². The van der Waals surface area contributed by atoms with E-state index < -0.39 is 10.0 Å². The zero-order chi connectivity index (χ0) is 17.2. The smallest absolute Gasteiger partial charge is 0.243 e. The quantitative estimate of drug-likeness (QED) is 0.843. The molecular weight excluding hydrogens is 326 g/mol. The number of benzene rings is 1. The van der Waals surface area contributed by atoms with Gasteiger partial charge in [-0.2, -0.15) is 4.31 Å². The van der Waals surface area contributed by atoms with Gasteiger partial charge in [0.15, 0.2) is 5.78 Å². The summed E-state index contributed by atoms with van der Waals surface area (Å²) in [4.78, 5) is 19.3. The SMILES string of the molecule is CCC(=O)c1cccc(S(=O)(=O)N2CCCC[C@H]2c2ncc[nH]2)c1. The predicted molar refractivity (Wildman–Crippen MR) is 90.1 cm³/mol. The first-order chi connectivity index (χ1) is 11.5. The third-order valence-corrected chi connectivity index (χ3v) is 6.28. The Kier molecular flexibility index (Phi) is 4.82. The van der Waals surface area contributed by atoms with E-state index in [2.05, 4.69) is 9.97 Å². The molecule has 1 aliphatic rings. The Morgan fingerprint density at radius 2 is 2.21 bits per heavy atom. The lowest BCUT2D eigenvalue weighted by molar-refractivity contribution is 0.0988. The molecule has 128 valence electrons. The number of hydrogen-bond donors (Lipinski definition) is 1. The van der Waals surface area contributed by atoms with Crippen LogP contribution in [0, 0.1) is 0 Å². The minimum absolute atomic E-state index is 0.0618. The zero-order valence-corrected chi connectivity index (χ0v) is 14.4. The number of nitrogens with one attached hydrogen (secondary N) is 1. The highest BCUT2D eigenvalue weighted by molar-refractivity contribution is 7.89. The second-order valence-electron chi connectivity index (χ2n) is 5.91. The van der Waals surface area contributed by atoms with Crippen molar-refractivity contribution in [3.8, 4) is 0 Å². The molecule has 1 fully saturated rings.